The number of nitriles is 1. The molecular formula is C18H15ClN2O4. The zero-order valence-electron chi connectivity index (χ0n) is 13.4. The molecule has 6 nitrogen and oxygen atoms in total. The Morgan fingerprint density at radius 3 is 2.56 bits per heavy atom. The molecule has 7 heteroatoms. The lowest BCUT2D eigenvalue weighted by Crippen LogP contribution is -2.20. The monoisotopic (exact) mass is 358 g/mol. The van der Waals surface area contributed by atoms with E-state index in [4.69, 9.17) is 21.6 Å². The maximum atomic E-state index is 12.0. The molecule has 0 heterocycles. The largest absolute Gasteiger partial charge is 0.484 e. The molecule has 2 aromatic rings. The number of ether oxygens (including phenoxy) is 2. The fraction of sp³-hybridized carbons (Fsp3) is 0.167. The molecule has 2 rings (SSSR count). The van der Waals surface area contributed by atoms with Crippen molar-refractivity contribution in [2.45, 2.75) is 6.42 Å². The molecule has 0 aliphatic carbocycles. The number of hydrogen-bond donors (Lipinski definition) is 1. The highest BCUT2D eigenvalue weighted by Crippen LogP contribution is 2.23. The molecule has 25 heavy (non-hydrogen) atoms. The van der Waals surface area contributed by atoms with Crippen LogP contribution in [0.5, 0.6) is 5.75 Å². The molecule has 2 aromatic carbocycles. The molecule has 0 aromatic heterocycles. The van der Waals surface area contributed by atoms with E-state index in [1.165, 1.54) is 25.3 Å². The molecule has 128 valence electrons. The Balaban J connectivity index is 1.96. The molecule has 0 aliphatic heterocycles. The van der Waals surface area contributed by atoms with E-state index in [1.807, 2.05) is 0 Å². The number of nitrogens with zero attached hydrogens (tertiary/aromatic N) is 1. The van der Waals surface area contributed by atoms with Crippen molar-refractivity contribution >= 4 is 29.2 Å². The van der Waals surface area contributed by atoms with Crippen LogP contribution >= 0.6 is 11.6 Å². The van der Waals surface area contributed by atoms with Gasteiger partial charge in [-0.05, 0) is 35.9 Å². The summed E-state index contributed by atoms with van der Waals surface area (Å²) in [6.07, 6.45) is 0.315. The van der Waals surface area contributed by atoms with Crippen molar-refractivity contribution in [3.05, 3.63) is 58.6 Å². The van der Waals surface area contributed by atoms with E-state index in [2.05, 4.69) is 16.1 Å². The number of esters is 1. The molecule has 0 spiro atoms. The molecule has 0 saturated heterocycles. The number of nitrogens with one attached hydrogen (secondary N) is 1. The molecule has 0 atom stereocenters. The van der Waals surface area contributed by atoms with E-state index >= 15 is 0 Å². The van der Waals surface area contributed by atoms with Crippen molar-refractivity contribution < 1.29 is 19.1 Å². The predicted molar refractivity (Wildman–Crippen MR) is 92.7 cm³/mol. The SMILES string of the molecule is COC(=O)c1ccc(Cl)c(NC(=O)COc2ccc(CC#N)cc2)c1. The maximum Gasteiger partial charge on any atom is 0.337 e. The Kier molecular flexibility index (Phi) is 6.38. The standard InChI is InChI=1S/C18H15ClN2O4/c1-24-18(23)13-4-7-15(19)16(10-13)21-17(22)11-25-14-5-2-12(3-6-14)8-9-20/h2-7,10H,8,11H2,1H3,(H,21,22). The average molecular weight is 359 g/mol. The molecular weight excluding hydrogens is 344 g/mol. The molecule has 0 saturated carbocycles. The summed E-state index contributed by atoms with van der Waals surface area (Å²) in [5, 5.41) is 11.5. The predicted octanol–water partition coefficient (Wildman–Crippen LogP) is 3.21. The zero-order valence-corrected chi connectivity index (χ0v) is 14.2. The van der Waals surface area contributed by atoms with Crippen molar-refractivity contribution in [2.24, 2.45) is 0 Å². The van der Waals surface area contributed by atoms with E-state index in [1.54, 1.807) is 24.3 Å². The second-order valence-corrected chi connectivity index (χ2v) is 5.41. The summed E-state index contributed by atoms with van der Waals surface area (Å²) in [5.41, 5.74) is 1.43. The third kappa shape index (κ3) is 5.23. The number of carbonyl (C=O) groups excluding carboxylic acids is 2. The minimum Gasteiger partial charge on any atom is -0.484 e. The number of halogens is 1. The lowest BCUT2D eigenvalue weighted by Gasteiger charge is -2.10. The average Bonchev–Trinajstić information content (AvgIpc) is 2.62. The Hall–Kier alpha value is -3.04. The molecule has 0 radical (unpaired) electrons. The third-order valence-corrected chi connectivity index (χ3v) is 3.57. The lowest BCUT2D eigenvalue weighted by molar-refractivity contribution is -0.118. The number of anilines is 1. The number of rotatable bonds is 6. The van der Waals surface area contributed by atoms with E-state index in [-0.39, 0.29) is 12.2 Å². The zero-order chi connectivity index (χ0) is 18.2. The fourth-order valence-corrected chi connectivity index (χ4v) is 2.16. The summed E-state index contributed by atoms with van der Waals surface area (Å²) in [6, 6.07) is 13.4. The first-order valence-corrected chi connectivity index (χ1v) is 7.67. The summed E-state index contributed by atoms with van der Waals surface area (Å²) in [4.78, 5) is 23.5. The van der Waals surface area contributed by atoms with Crippen LogP contribution in [-0.4, -0.2) is 25.6 Å². The van der Waals surface area contributed by atoms with Gasteiger partial charge < -0.3 is 14.8 Å². The van der Waals surface area contributed by atoms with Crippen molar-refractivity contribution in [3.8, 4) is 11.8 Å². The second kappa shape index (κ2) is 8.71. The molecule has 0 unspecified atom stereocenters. The number of amides is 1. The van der Waals surface area contributed by atoms with Gasteiger partial charge in [0.2, 0.25) is 0 Å². The van der Waals surface area contributed by atoms with Gasteiger partial charge in [0.1, 0.15) is 5.75 Å². The van der Waals surface area contributed by atoms with Gasteiger partial charge in [0.25, 0.3) is 5.91 Å². The first kappa shape index (κ1) is 18.3. The molecule has 0 aliphatic rings. The Morgan fingerprint density at radius 1 is 1.20 bits per heavy atom. The van der Waals surface area contributed by atoms with Gasteiger partial charge in [-0.1, -0.05) is 23.7 Å². The second-order valence-electron chi connectivity index (χ2n) is 5.00. The number of hydrogen-bond acceptors (Lipinski definition) is 5. The van der Waals surface area contributed by atoms with Gasteiger partial charge in [-0.25, -0.2) is 4.79 Å². The fourth-order valence-electron chi connectivity index (χ4n) is 2.00. The van der Waals surface area contributed by atoms with Crippen molar-refractivity contribution in [2.75, 3.05) is 19.0 Å². The van der Waals surface area contributed by atoms with Gasteiger partial charge in [0, 0.05) is 0 Å². The van der Waals surface area contributed by atoms with Crippen molar-refractivity contribution in [3.63, 3.8) is 0 Å². The van der Waals surface area contributed by atoms with Gasteiger partial charge in [0.05, 0.1) is 35.9 Å². The lowest BCUT2D eigenvalue weighted by atomic mass is 10.2. The minimum atomic E-state index is -0.527. The van der Waals surface area contributed by atoms with Gasteiger partial charge in [-0.2, -0.15) is 5.26 Å². The first-order chi connectivity index (χ1) is 12.0. The summed E-state index contributed by atoms with van der Waals surface area (Å²) < 4.78 is 10.0. The van der Waals surface area contributed by atoms with Crippen molar-refractivity contribution in [1.29, 1.82) is 5.26 Å². The highest BCUT2D eigenvalue weighted by Gasteiger charge is 2.11. The van der Waals surface area contributed by atoms with Crippen LogP contribution < -0.4 is 10.1 Å². The first-order valence-electron chi connectivity index (χ1n) is 7.30. The highest BCUT2D eigenvalue weighted by atomic mass is 35.5. The summed E-state index contributed by atoms with van der Waals surface area (Å²) >= 11 is 6.02. The van der Waals surface area contributed by atoms with Crippen LogP contribution in [0.1, 0.15) is 15.9 Å². The minimum absolute atomic E-state index is 0.226. The molecule has 1 N–H and O–H groups in total. The summed E-state index contributed by atoms with van der Waals surface area (Å²) in [7, 11) is 1.27. The van der Waals surface area contributed by atoms with Gasteiger partial charge in [0.15, 0.2) is 6.61 Å². The highest BCUT2D eigenvalue weighted by molar-refractivity contribution is 6.33. The van der Waals surface area contributed by atoms with Crippen LogP contribution in [0, 0.1) is 11.3 Å². The van der Waals surface area contributed by atoms with E-state index in [9.17, 15) is 9.59 Å². The van der Waals surface area contributed by atoms with Crippen LogP contribution in [0.25, 0.3) is 0 Å². The Bertz CT molecular complexity index is 813. The number of benzene rings is 2. The van der Waals surface area contributed by atoms with Gasteiger partial charge in [-0.15, -0.1) is 0 Å². The molecule has 0 fully saturated rings. The van der Waals surface area contributed by atoms with E-state index in [0.717, 1.165) is 5.56 Å². The van der Waals surface area contributed by atoms with Gasteiger partial charge >= 0.3 is 5.97 Å². The topological polar surface area (TPSA) is 88.4 Å². The molecule has 1 amide bonds. The summed E-state index contributed by atoms with van der Waals surface area (Å²) in [6.45, 7) is -0.226. The van der Waals surface area contributed by atoms with E-state index < -0.39 is 11.9 Å². The van der Waals surface area contributed by atoms with Crippen molar-refractivity contribution in [1.82, 2.24) is 0 Å². The summed E-state index contributed by atoms with van der Waals surface area (Å²) in [5.74, 6) is -0.447. The number of carbonyl (C=O) groups is 2. The maximum absolute atomic E-state index is 12.0. The van der Waals surface area contributed by atoms with Crippen LogP contribution in [0.4, 0.5) is 5.69 Å². The smallest absolute Gasteiger partial charge is 0.337 e. The van der Waals surface area contributed by atoms with E-state index in [0.29, 0.717) is 22.9 Å². The van der Waals surface area contributed by atoms with Crippen LogP contribution in [-0.2, 0) is 16.0 Å². The van der Waals surface area contributed by atoms with Crippen LogP contribution in [0.3, 0.4) is 0 Å². The van der Waals surface area contributed by atoms with Crippen LogP contribution in [0.15, 0.2) is 42.5 Å². The Labute approximate surface area is 149 Å². The normalized spacial score (nSPS) is 9.80. The van der Waals surface area contributed by atoms with Crippen LogP contribution in [0.2, 0.25) is 5.02 Å². The quantitative estimate of drug-likeness (QED) is 0.801. The van der Waals surface area contributed by atoms with Gasteiger partial charge in [-0.3, -0.25) is 4.79 Å². The third-order valence-electron chi connectivity index (χ3n) is 3.24. The number of methoxy groups -OCH3 is 1. The molecule has 0 bridgehead atoms. The Morgan fingerprint density at radius 2 is 1.92 bits per heavy atom.